The minimum atomic E-state index is -0.248. The van der Waals surface area contributed by atoms with Crippen LogP contribution < -0.4 is 5.56 Å². The second-order valence-electron chi connectivity index (χ2n) is 5.78. The van der Waals surface area contributed by atoms with Crippen molar-refractivity contribution in [1.82, 2.24) is 39.3 Å². The molecule has 0 amide bonds. The predicted octanol–water partition coefficient (Wildman–Crippen LogP) is 2.01. The van der Waals surface area contributed by atoms with Crippen molar-refractivity contribution in [2.24, 2.45) is 0 Å². The van der Waals surface area contributed by atoms with Gasteiger partial charge in [0.15, 0.2) is 0 Å². The van der Waals surface area contributed by atoms with Gasteiger partial charge in [-0.05, 0) is 36.9 Å². The van der Waals surface area contributed by atoms with Crippen LogP contribution in [0.2, 0.25) is 0 Å². The van der Waals surface area contributed by atoms with Gasteiger partial charge in [0, 0.05) is 11.1 Å². The number of pyridine rings is 1. The van der Waals surface area contributed by atoms with Gasteiger partial charge in [-0.25, -0.2) is 10.1 Å². The molecule has 0 saturated carbocycles. The van der Waals surface area contributed by atoms with Crippen molar-refractivity contribution in [3.63, 3.8) is 0 Å². The Hall–Kier alpha value is -3.53. The molecule has 0 aliphatic rings. The number of nitrogens with one attached hydrogen (secondary N) is 1. The Labute approximate surface area is 156 Å². The molecule has 0 atom stereocenters. The normalized spacial score (nSPS) is 11.4. The number of hydrogen-bond donors (Lipinski definition) is 1. The molecule has 0 spiro atoms. The molecule has 9 nitrogen and oxygen atoms in total. The van der Waals surface area contributed by atoms with Crippen LogP contribution >= 0.6 is 11.8 Å². The van der Waals surface area contributed by atoms with Crippen molar-refractivity contribution in [2.45, 2.75) is 17.0 Å². The molecule has 1 aromatic carbocycles. The van der Waals surface area contributed by atoms with Gasteiger partial charge in [-0.2, -0.15) is 19.6 Å². The third-order valence-electron chi connectivity index (χ3n) is 4.09. The molecule has 132 valence electrons. The highest BCUT2D eigenvalue weighted by molar-refractivity contribution is 7.99. The van der Waals surface area contributed by atoms with Crippen molar-refractivity contribution in [3.05, 3.63) is 65.0 Å². The minimum Gasteiger partial charge on any atom is -0.268 e. The number of rotatable bonds is 3. The summed E-state index contributed by atoms with van der Waals surface area (Å²) in [6, 6.07) is 11.6. The Kier molecular flexibility index (Phi) is 3.50. The summed E-state index contributed by atoms with van der Waals surface area (Å²) >= 11 is 1.42. The second kappa shape index (κ2) is 6.02. The maximum absolute atomic E-state index is 13.0. The lowest BCUT2D eigenvalue weighted by atomic mass is 10.2. The Bertz CT molecular complexity index is 1340. The molecule has 0 unspecified atom stereocenters. The van der Waals surface area contributed by atoms with E-state index < -0.39 is 0 Å². The van der Waals surface area contributed by atoms with Gasteiger partial charge in [-0.3, -0.25) is 9.36 Å². The Morgan fingerprint density at radius 2 is 1.96 bits per heavy atom. The quantitative estimate of drug-likeness (QED) is 0.513. The SMILES string of the molecule is Cc1nc2ncnn2c2ccn(-c3nc(Sc4ccccc4)n[nH]3)c(=O)c12. The zero-order chi connectivity index (χ0) is 18.4. The van der Waals surface area contributed by atoms with Gasteiger partial charge in [0.25, 0.3) is 11.3 Å². The first-order valence-electron chi connectivity index (χ1n) is 8.08. The van der Waals surface area contributed by atoms with Crippen LogP contribution in [0.25, 0.3) is 22.6 Å². The first kappa shape index (κ1) is 15.7. The van der Waals surface area contributed by atoms with Crippen molar-refractivity contribution in [1.29, 1.82) is 0 Å². The molecule has 4 heterocycles. The fourth-order valence-corrected chi connectivity index (χ4v) is 3.61. The van der Waals surface area contributed by atoms with Crippen LogP contribution in [0.1, 0.15) is 5.69 Å². The largest absolute Gasteiger partial charge is 0.268 e. The molecule has 10 heteroatoms. The highest BCUT2D eigenvalue weighted by Gasteiger charge is 2.15. The number of nitrogens with zero attached hydrogens (tertiary/aromatic N) is 7. The number of benzene rings is 1. The maximum Gasteiger partial charge on any atom is 0.268 e. The van der Waals surface area contributed by atoms with Gasteiger partial charge >= 0.3 is 0 Å². The number of fused-ring (bicyclic) bond motifs is 3. The molecule has 0 aliphatic carbocycles. The van der Waals surface area contributed by atoms with E-state index in [-0.39, 0.29) is 5.56 Å². The molecule has 1 N–H and O–H groups in total. The summed E-state index contributed by atoms with van der Waals surface area (Å²) in [7, 11) is 0. The molecule has 0 aliphatic heterocycles. The summed E-state index contributed by atoms with van der Waals surface area (Å²) in [4.78, 5) is 26.9. The van der Waals surface area contributed by atoms with E-state index in [1.807, 2.05) is 30.3 Å². The summed E-state index contributed by atoms with van der Waals surface area (Å²) in [6.07, 6.45) is 3.05. The van der Waals surface area contributed by atoms with Crippen molar-refractivity contribution in [3.8, 4) is 5.95 Å². The smallest absolute Gasteiger partial charge is 0.268 e. The Balaban J connectivity index is 1.61. The first-order valence-corrected chi connectivity index (χ1v) is 8.90. The molecule has 5 aromatic rings. The van der Waals surface area contributed by atoms with Gasteiger partial charge in [0.1, 0.15) is 6.33 Å². The summed E-state index contributed by atoms with van der Waals surface area (Å²) in [5, 5.41) is 12.2. The van der Waals surface area contributed by atoms with Crippen molar-refractivity contribution < 1.29 is 0 Å². The summed E-state index contributed by atoms with van der Waals surface area (Å²) in [5.74, 6) is 0.803. The molecule has 0 bridgehead atoms. The molecular weight excluding hydrogens is 364 g/mol. The van der Waals surface area contributed by atoms with E-state index in [9.17, 15) is 4.79 Å². The number of aromatic amines is 1. The molecule has 0 radical (unpaired) electrons. The lowest BCUT2D eigenvalue weighted by Gasteiger charge is -2.06. The third kappa shape index (κ3) is 2.57. The Morgan fingerprint density at radius 3 is 2.81 bits per heavy atom. The summed E-state index contributed by atoms with van der Waals surface area (Å²) in [6.45, 7) is 1.78. The lowest BCUT2D eigenvalue weighted by molar-refractivity contribution is 0.891. The van der Waals surface area contributed by atoms with Crippen LogP contribution in [0.3, 0.4) is 0 Å². The monoisotopic (exact) mass is 376 g/mol. The second-order valence-corrected chi connectivity index (χ2v) is 6.82. The summed E-state index contributed by atoms with van der Waals surface area (Å²) in [5.41, 5.74) is 0.986. The van der Waals surface area contributed by atoms with Gasteiger partial charge < -0.3 is 0 Å². The lowest BCUT2D eigenvalue weighted by Crippen LogP contribution is -2.21. The van der Waals surface area contributed by atoms with E-state index in [2.05, 4.69) is 30.2 Å². The standard InChI is InChI=1S/C17H12N8OS/c1-10-13-12(25-15(20-10)18-9-19-25)7-8-24(14(13)26)16-21-17(23-22-16)27-11-5-3-2-4-6-11/h2-9H,1H3,(H,21,22,23). The zero-order valence-electron chi connectivity index (χ0n) is 14.1. The van der Waals surface area contributed by atoms with Gasteiger partial charge in [0.05, 0.1) is 16.6 Å². The van der Waals surface area contributed by atoms with Gasteiger partial charge in [0.2, 0.25) is 11.1 Å². The molecule has 0 saturated heterocycles. The van der Waals surface area contributed by atoms with Crippen LogP contribution in [0.15, 0.2) is 63.8 Å². The molecule has 0 fully saturated rings. The number of H-pyrrole nitrogens is 1. The van der Waals surface area contributed by atoms with E-state index in [0.29, 0.717) is 33.5 Å². The average molecular weight is 376 g/mol. The average Bonchev–Trinajstić information content (AvgIpc) is 3.32. The number of hydrogen-bond acceptors (Lipinski definition) is 7. The van der Waals surface area contributed by atoms with Crippen molar-refractivity contribution >= 4 is 28.4 Å². The zero-order valence-corrected chi connectivity index (χ0v) is 14.9. The molecule has 4 aromatic heterocycles. The van der Waals surface area contributed by atoms with E-state index in [1.54, 1.807) is 23.7 Å². The van der Waals surface area contributed by atoms with Crippen LogP contribution in [0.5, 0.6) is 0 Å². The highest BCUT2D eigenvalue weighted by atomic mass is 32.2. The fourth-order valence-electron chi connectivity index (χ4n) is 2.88. The first-order chi connectivity index (χ1) is 13.2. The molecule has 5 rings (SSSR count). The van der Waals surface area contributed by atoms with Crippen LogP contribution in [0, 0.1) is 6.92 Å². The van der Waals surface area contributed by atoms with Gasteiger partial charge in [-0.15, -0.1) is 5.10 Å². The Morgan fingerprint density at radius 1 is 1.11 bits per heavy atom. The summed E-state index contributed by atoms with van der Waals surface area (Å²) < 4.78 is 2.97. The number of aryl methyl sites for hydroxylation is 1. The predicted molar refractivity (Wildman–Crippen MR) is 99.1 cm³/mol. The van der Waals surface area contributed by atoms with E-state index in [0.717, 1.165) is 4.90 Å². The minimum absolute atomic E-state index is 0.248. The third-order valence-corrected chi connectivity index (χ3v) is 4.96. The van der Waals surface area contributed by atoms with E-state index in [4.69, 9.17) is 0 Å². The van der Waals surface area contributed by atoms with Crippen molar-refractivity contribution in [2.75, 3.05) is 0 Å². The van der Waals surface area contributed by atoms with E-state index >= 15 is 0 Å². The topological polar surface area (TPSA) is 107 Å². The van der Waals surface area contributed by atoms with Crippen LogP contribution in [0.4, 0.5) is 0 Å². The maximum atomic E-state index is 13.0. The molecular formula is C17H12N8OS. The molecule has 27 heavy (non-hydrogen) atoms. The van der Waals surface area contributed by atoms with Gasteiger partial charge in [-0.1, -0.05) is 18.2 Å². The van der Waals surface area contributed by atoms with E-state index in [1.165, 1.54) is 22.7 Å². The fraction of sp³-hybridized carbons (Fsp3) is 0.0588. The number of aromatic nitrogens is 8. The van der Waals surface area contributed by atoms with Crippen LogP contribution in [-0.4, -0.2) is 39.3 Å². The van der Waals surface area contributed by atoms with Crippen LogP contribution in [-0.2, 0) is 0 Å². The highest BCUT2D eigenvalue weighted by Crippen LogP contribution is 2.24.